The number of hydrogen-bond acceptors (Lipinski definition) is 4. The maximum Gasteiger partial charge on any atom is 0.341 e. The molecule has 2 aromatic heterocycles. The maximum absolute atomic E-state index is 12.4. The predicted octanol–water partition coefficient (Wildman–Crippen LogP) is 2.87. The number of benzene rings is 1. The molecule has 122 valence electrons. The first kappa shape index (κ1) is 15.7. The van der Waals surface area contributed by atoms with Gasteiger partial charge in [0, 0.05) is 17.3 Å². The second-order valence-corrected chi connectivity index (χ2v) is 5.57. The number of nitrogens with zero attached hydrogens (tertiary/aromatic N) is 2. The molecule has 2 heterocycles. The fraction of sp³-hybridized carbons (Fsp3) is 0.167. The predicted molar refractivity (Wildman–Crippen MR) is 88.2 cm³/mol. The van der Waals surface area contributed by atoms with Crippen molar-refractivity contribution in [3.63, 3.8) is 0 Å². The van der Waals surface area contributed by atoms with Crippen LogP contribution in [0.25, 0.3) is 11.1 Å². The number of aromatic nitrogens is 2. The number of carbonyl (C=O) groups is 1. The SMILES string of the molecule is Cc1noc(C)c1-c1cc(C(=O)O)c(=O)n(Cc2ccccc2)c1. The van der Waals surface area contributed by atoms with Crippen LogP contribution in [-0.4, -0.2) is 20.8 Å². The summed E-state index contributed by atoms with van der Waals surface area (Å²) in [5, 5.41) is 13.3. The van der Waals surface area contributed by atoms with Gasteiger partial charge in [-0.2, -0.15) is 0 Å². The molecule has 0 saturated carbocycles. The van der Waals surface area contributed by atoms with Gasteiger partial charge in [-0.05, 0) is 25.5 Å². The van der Waals surface area contributed by atoms with Crippen LogP contribution in [0.1, 0.15) is 27.4 Å². The fourth-order valence-electron chi connectivity index (χ4n) is 2.72. The van der Waals surface area contributed by atoms with Gasteiger partial charge in [0.25, 0.3) is 5.56 Å². The minimum absolute atomic E-state index is 0.275. The summed E-state index contributed by atoms with van der Waals surface area (Å²) >= 11 is 0. The Bertz CT molecular complexity index is 935. The average molecular weight is 324 g/mol. The van der Waals surface area contributed by atoms with Gasteiger partial charge in [-0.1, -0.05) is 35.5 Å². The average Bonchev–Trinajstić information content (AvgIpc) is 2.89. The lowest BCUT2D eigenvalue weighted by Crippen LogP contribution is -2.26. The summed E-state index contributed by atoms with van der Waals surface area (Å²) in [6.45, 7) is 3.82. The van der Waals surface area contributed by atoms with E-state index in [1.54, 1.807) is 20.0 Å². The molecule has 0 radical (unpaired) electrons. The highest BCUT2D eigenvalue weighted by atomic mass is 16.5. The van der Waals surface area contributed by atoms with Crippen molar-refractivity contribution in [3.8, 4) is 11.1 Å². The Balaban J connectivity index is 2.18. The lowest BCUT2D eigenvalue weighted by atomic mass is 10.0. The van der Waals surface area contributed by atoms with E-state index in [0.717, 1.165) is 5.56 Å². The molecule has 3 rings (SSSR count). The number of aromatic carboxylic acids is 1. The molecule has 0 spiro atoms. The molecule has 1 N–H and O–H groups in total. The van der Waals surface area contributed by atoms with Crippen molar-refractivity contribution in [2.24, 2.45) is 0 Å². The first-order valence-electron chi connectivity index (χ1n) is 7.42. The molecule has 3 aromatic rings. The van der Waals surface area contributed by atoms with E-state index in [1.807, 2.05) is 30.3 Å². The molecule has 0 aliphatic rings. The Labute approximate surface area is 138 Å². The van der Waals surface area contributed by atoms with Crippen LogP contribution in [0.5, 0.6) is 0 Å². The Morgan fingerprint density at radius 3 is 2.54 bits per heavy atom. The van der Waals surface area contributed by atoms with Crippen molar-refractivity contribution in [1.29, 1.82) is 0 Å². The number of hydrogen-bond donors (Lipinski definition) is 1. The molecule has 0 unspecified atom stereocenters. The van der Waals surface area contributed by atoms with E-state index < -0.39 is 11.5 Å². The van der Waals surface area contributed by atoms with Crippen LogP contribution < -0.4 is 5.56 Å². The third kappa shape index (κ3) is 2.86. The summed E-state index contributed by atoms with van der Waals surface area (Å²) < 4.78 is 6.56. The minimum atomic E-state index is -1.25. The molecule has 0 aliphatic heterocycles. The van der Waals surface area contributed by atoms with Gasteiger partial charge in [0.15, 0.2) is 0 Å². The Morgan fingerprint density at radius 1 is 1.25 bits per heavy atom. The van der Waals surface area contributed by atoms with E-state index in [0.29, 0.717) is 22.6 Å². The molecular weight excluding hydrogens is 308 g/mol. The zero-order chi connectivity index (χ0) is 17.3. The Hall–Kier alpha value is -3.15. The van der Waals surface area contributed by atoms with Crippen LogP contribution in [0.3, 0.4) is 0 Å². The van der Waals surface area contributed by atoms with Crippen molar-refractivity contribution in [1.82, 2.24) is 9.72 Å². The number of carboxylic acids is 1. The van der Waals surface area contributed by atoms with E-state index in [9.17, 15) is 14.7 Å². The fourth-order valence-corrected chi connectivity index (χ4v) is 2.72. The first-order valence-corrected chi connectivity index (χ1v) is 7.42. The molecule has 0 fully saturated rings. The third-order valence-corrected chi connectivity index (χ3v) is 3.83. The molecule has 0 atom stereocenters. The second-order valence-electron chi connectivity index (χ2n) is 5.57. The van der Waals surface area contributed by atoms with Crippen molar-refractivity contribution >= 4 is 5.97 Å². The molecule has 0 aliphatic carbocycles. The highest BCUT2D eigenvalue weighted by molar-refractivity contribution is 5.89. The summed E-state index contributed by atoms with van der Waals surface area (Å²) in [6.07, 6.45) is 1.65. The highest BCUT2D eigenvalue weighted by Gasteiger charge is 2.18. The van der Waals surface area contributed by atoms with Gasteiger partial charge < -0.3 is 14.2 Å². The van der Waals surface area contributed by atoms with Crippen molar-refractivity contribution in [2.75, 3.05) is 0 Å². The molecular formula is C18H16N2O4. The number of aryl methyl sites for hydroxylation is 2. The summed E-state index contributed by atoms with van der Waals surface area (Å²) in [4.78, 5) is 23.9. The normalized spacial score (nSPS) is 10.8. The standard InChI is InChI=1S/C18H16N2O4/c1-11-16(12(2)24-19-11)14-8-15(18(22)23)17(21)20(10-14)9-13-6-4-3-5-7-13/h3-8,10H,9H2,1-2H3,(H,22,23). The molecule has 6 heteroatoms. The van der Waals surface area contributed by atoms with Crippen molar-refractivity contribution < 1.29 is 14.4 Å². The largest absolute Gasteiger partial charge is 0.477 e. The van der Waals surface area contributed by atoms with Gasteiger partial charge in [-0.25, -0.2) is 4.79 Å². The second kappa shape index (κ2) is 6.16. The lowest BCUT2D eigenvalue weighted by molar-refractivity contribution is 0.0694. The smallest absolute Gasteiger partial charge is 0.341 e. The number of pyridine rings is 1. The van der Waals surface area contributed by atoms with Crippen LogP contribution in [0.15, 0.2) is 51.9 Å². The van der Waals surface area contributed by atoms with Gasteiger partial charge in [0.05, 0.1) is 12.2 Å². The Morgan fingerprint density at radius 2 is 1.96 bits per heavy atom. The maximum atomic E-state index is 12.4. The monoisotopic (exact) mass is 324 g/mol. The van der Waals surface area contributed by atoms with Crippen molar-refractivity contribution in [3.05, 3.63) is 75.5 Å². The molecule has 24 heavy (non-hydrogen) atoms. The lowest BCUT2D eigenvalue weighted by Gasteiger charge is -2.10. The van der Waals surface area contributed by atoms with Gasteiger partial charge in [-0.3, -0.25) is 4.79 Å². The van der Waals surface area contributed by atoms with E-state index >= 15 is 0 Å². The van der Waals surface area contributed by atoms with Crippen LogP contribution >= 0.6 is 0 Å². The first-order chi connectivity index (χ1) is 11.5. The summed E-state index contributed by atoms with van der Waals surface area (Å²) in [5.41, 5.74) is 2.05. The quantitative estimate of drug-likeness (QED) is 0.797. The molecule has 6 nitrogen and oxygen atoms in total. The topological polar surface area (TPSA) is 85.3 Å². The molecule has 0 saturated heterocycles. The van der Waals surface area contributed by atoms with Crippen LogP contribution in [0.2, 0.25) is 0 Å². The van der Waals surface area contributed by atoms with E-state index in [4.69, 9.17) is 4.52 Å². The van der Waals surface area contributed by atoms with Gasteiger partial charge in [0.2, 0.25) is 0 Å². The number of carboxylic acid groups (broad SMARTS) is 1. The highest BCUT2D eigenvalue weighted by Crippen LogP contribution is 2.26. The van der Waals surface area contributed by atoms with Crippen LogP contribution in [-0.2, 0) is 6.54 Å². The Kier molecular flexibility index (Phi) is 4.04. The van der Waals surface area contributed by atoms with E-state index in [1.165, 1.54) is 10.6 Å². The minimum Gasteiger partial charge on any atom is -0.477 e. The van der Waals surface area contributed by atoms with Crippen LogP contribution in [0.4, 0.5) is 0 Å². The molecule has 1 aromatic carbocycles. The van der Waals surface area contributed by atoms with E-state index in [2.05, 4.69) is 5.16 Å². The molecule has 0 bridgehead atoms. The molecule has 0 amide bonds. The third-order valence-electron chi connectivity index (χ3n) is 3.83. The van der Waals surface area contributed by atoms with Gasteiger partial charge >= 0.3 is 5.97 Å². The zero-order valence-corrected chi connectivity index (χ0v) is 13.3. The van der Waals surface area contributed by atoms with Crippen LogP contribution in [0, 0.1) is 13.8 Å². The van der Waals surface area contributed by atoms with Gasteiger partial charge in [-0.15, -0.1) is 0 Å². The summed E-state index contributed by atoms with van der Waals surface area (Å²) in [6, 6.07) is 10.8. The number of rotatable bonds is 4. The van der Waals surface area contributed by atoms with Gasteiger partial charge in [0.1, 0.15) is 11.3 Å². The van der Waals surface area contributed by atoms with E-state index in [-0.39, 0.29) is 12.1 Å². The zero-order valence-electron chi connectivity index (χ0n) is 13.3. The summed E-state index contributed by atoms with van der Waals surface area (Å²) in [7, 11) is 0. The summed E-state index contributed by atoms with van der Waals surface area (Å²) in [5.74, 6) is -0.677. The van der Waals surface area contributed by atoms with Crippen molar-refractivity contribution in [2.45, 2.75) is 20.4 Å².